The minimum Gasteiger partial charge on any atom is -0.487 e. The van der Waals surface area contributed by atoms with Gasteiger partial charge in [0.2, 0.25) is 0 Å². The summed E-state index contributed by atoms with van der Waals surface area (Å²) in [4.78, 5) is 12.1. The van der Waals surface area contributed by atoms with Gasteiger partial charge in [0, 0.05) is 7.05 Å². The topological polar surface area (TPSA) is 71.2 Å². The van der Waals surface area contributed by atoms with E-state index in [1.165, 1.54) is 25.2 Å². The fourth-order valence-electron chi connectivity index (χ4n) is 2.28. The van der Waals surface area contributed by atoms with E-state index in [1.807, 2.05) is 0 Å². The van der Waals surface area contributed by atoms with Crippen molar-refractivity contribution in [3.8, 4) is 17.2 Å². The first kappa shape index (κ1) is 17.9. The molecule has 2 aromatic carbocycles. The number of aromatic nitrogens is 4. The second-order valence-electron chi connectivity index (χ2n) is 5.15. The Morgan fingerprint density at radius 2 is 1.85 bits per heavy atom. The monoisotopic (exact) mass is 382 g/mol. The maximum Gasteiger partial charge on any atom is 0.387 e. The van der Waals surface area contributed by atoms with Crippen LogP contribution in [0.15, 0.2) is 47.3 Å². The molecule has 0 N–H and O–H groups in total. The molecule has 0 atom stereocenters. The van der Waals surface area contributed by atoms with E-state index in [1.54, 1.807) is 24.3 Å². The van der Waals surface area contributed by atoms with Crippen LogP contribution in [0.5, 0.6) is 11.5 Å². The number of nitrogens with zero attached hydrogens (tertiary/aromatic N) is 4. The van der Waals surface area contributed by atoms with Crippen molar-refractivity contribution < 1.29 is 18.3 Å². The number of aryl methyl sites for hydroxylation is 1. The summed E-state index contributed by atoms with van der Waals surface area (Å²) in [5, 5.41) is 7.71. The molecular weight excluding hydrogens is 370 g/mol. The fourth-order valence-corrected chi connectivity index (χ4v) is 2.47. The third-order valence-electron chi connectivity index (χ3n) is 3.48. The predicted octanol–water partition coefficient (Wildman–Crippen LogP) is 2.80. The van der Waals surface area contributed by atoms with Gasteiger partial charge in [0.05, 0.1) is 16.3 Å². The molecule has 26 heavy (non-hydrogen) atoms. The van der Waals surface area contributed by atoms with Gasteiger partial charge >= 0.3 is 12.3 Å². The van der Waals surface area contributed by atoms with E-state index < -0.39 is 12.3 Å². The van der Waals surface area contributed by atoms with Crippen molar-refractivity contribution in [3.05, 3.63) is 63.5 Å². The Kier molecular flexibility index (Phi) is 5.17. The summed E-state index contributed by atoms with van der Waals surface area (Å²) in [5.41, 5.74) is -0.123. The number of alkyl halides is 2. The van der Waals surface area contributed by atoms with Crippen molar-refractivity contribution in [1.82, 2.24) is 19.8 Å². The Balaban J connectivity index is 2.03. The first-order chi connectivity index (χ1) is 12.5. The fraction of sp³-hybridized carbons (Fsp3) is 0.188. The zero-order valence-electron chi connectivity index (χ0n) is 13.5. The summed E-state index contributed by atoms with van der Waals surface area (Å²) in [6.07, 6.45) is 0. The van der Waals surface area contributed by atoms with E-state index in [0.29, 0.717) is 10.8 Å². The van der Waals surface area contributed by atoms with Gasteiger partial charge in [-0.3, -0.25) is 0 Å². The summed E-state index contributed by atoms with van der Waals surface area (Å²) in [7, 11) is 1.42. The van der Waals surface area contributed by atoms with Gasteiger partial charge in [-0.1, -0.05) is 29.8 Å². The summed E-state index contributed by atoms with van der Waals surface area (Å²) < 4.78 is 37.7. The molecule has 0 aliphatic carbocycles. The number of ether oxygens (including phenoxy) is 2. The number of tetrazole rings is 1. The summed E-state index contributed by atoms with van der Waals surface area (Å²) >= 11 is 6.04. The lowest BCUT2D eigenvalue weighted by Crippen LogP contribution is -2.23. The molecule has 7 nitrogen and oxygen atoms in total. The van der Waals surface area contributed by atoms with Crippen LogP contribution in [0, 0.1) is 0 Å². The smallest absolute Gasteiger partial charge is 0.387 e. The number of para-hydroxylation sites is 1. The quantitative estimate of drug-likeness (QED) is 0.655. The Labute approximate surface area is 151 Å². The van der Waals surface area contributed by atoms with Crippen LogP contribution < -0.4 is 15.2 Å². The molecule has 136 valence electrons. The van der Waals surface area contributed by atoms with Crippen molar-refractivity contribution in [2.75, 3.05) is 0 Å². The zero-order valence-corrected chi connectivity index (χ0v) is 14.2. The van der Waals surface area contributed by atoms with Crippen molar-refractivity contribution in [2.24, 2.45) is 7.05 Å². The molecule has 0 aliphatic rings. The number of hydrogen-bond acceptors (Lipinski definition) is 5. The van der Waals surface area contributed by atoms with Crippen molar-refractivity contribution >= 4 is 11.6 Å². The first-order valence-electron chi connectivity index (χ1n) is 7.41. The Bertz CT molecular complexity index is 974. The third-order valence-corrected chi connectivity index (χ3v) is 3.80. The number of rotatable bonds is 6. The third kappa shape index (κ3) is 3.67. The second-order valence-corrected chi connectivity index (χ2v) is 5.56. The molecule has 0 unspecified atom stereocenters. The first-order valence-corrected chi connectivity index (χ1v) is 7.78. The van der Waals surface area contributed by atoms with Crippen molar-refractivity contribution in [3.63, 3.8) is 0 Å². The van der Waals surface area contributed by atoms with Crippen LogP contribution in [0.3, 0.4) is 0 Å². The zero-order chi connectivity index (χ0) is 18.7. The molecule has 1 heterocycles. The van der Waals surface area contributed by atoms with Crippen LogP contribution in [0.4, 0.5) is 8.78 Å². The van der Waals surface area contributed by atoms with Crippen LogP contribution in [0.25, 0.3) is 5.69 Å². The van der Waals surface area contributed by atoms with Gasteiger partial charge in [-0.25, -0.2) is 4.79 Å². The highest BCUT2D eigenvalue weighted by Crippen LogP contribution is 2.29. The predicted molar refractivity (Wildman–Crippen MR) is 89.0 cm³/mol. The van der Waals surface area contributed by atoms with Crippen LogP contribution in [-0.2, 0) is 13.7 Å². The van der Waals surface area contributed by atoms with Crippen LogP contribution in [0.2, 0.25) is 5.02 Å². The van der Waals surface area contributed by atoms with E-state index in [2.05, 4.69) is 15.2 Å². The number of hydrogen-bond donors (Lipinski definition) is 0. The lowest BCUT2D eigenvalue weighted by molar-refractivity contribution is -0.0508. The standard InChI is InChI=1S/C16H13ClF2N4O3/c1-22-16(24)23(21-20-22)12-6-4-8-13(26-15(18)19)10(12)9-25-14-7-3-2-5-11(14)17/h2-8,15H,9H2,1H3. The Morgan fingerprint density at radius 3 is 2.50 bits per heavy atom. The minimum atomic E-state index is -3.04. The van der Waals surface area contributed by atoms with E-state index in [0.717, 1.165) is 9.36 Å². The molecule has 1 aromatic heterocycles. The van der Waals surface area contributed by atoms with Gasteiger partial charge in [0.15, 0.2) is 0 Å². The lowest BCUT2D eigenvalue weighted by Gasteiger charge is -2.15. The Hall–Kier alpha value is -2.94. The van der Waals surface area contributed by atoms with E-state index >= 15 is 0 Å². The van der Waals surface area contributed by atoms with Crippen LogP contribution in [0.1, 0.15) is 5.56 Å². The molecule has 10 heteroatoms. The van der Waals surface area contributed by atoms with Crippen LogP contribution in [-0.4, -0.2) is 26.4 Å². The maximum absolute atomic E-state index is 12.8. The van der Waals surface area contributed by atoms with Crippen molar-refractivity contribution in [1.29, 1.82) is 0 Å². The molecule has 3 aromatic rings. The van der Waals surface area contributed by atoms with Crippen molar-refractivity contribution in [2.45, 2.75) is 13.2 Å². The number of benzene rings is 2. The molecule has 0 radical (unpaired) electrons. The molecule has 0 saturated heterocycles. The molecular formula is C16H13ClF2N4O3. The largest absolute Gasteiger partial charge is 0.487 e. The average molecular weight is 383 g/mol. The van der Waals surface area contributed by atoms with Gasteiger partial charge in [0.25, 0.3) is 0 Å². The molecule has 0 amide bonds. The van der Waals surface area contributed by atoms with Gasteiger partial charge < -0.3 is 9.47 Å². The highest BCUT2D eigenvalue weighted by molar-refractivity contribution is 6.32. The summed E-state index contributed by atoms with van der Waals surface area (Å²) in [5.74, 6) is 0.223. The minimum absolute atomic E-state index is 0.137. The highest BCUT2D eigenvalue weighted by Gasteiger charge is 2.18. The average Bonchev–Trinajstić information content (AvgIpc) is 2.93. The normalized spacial score (nSPS) is 11.0. The highest BCUT2D eigenvalue weighted by atomic mass is 35.5. The lowest BCUT2D eigenvalue weighted by atomic mass is 10.1. The molecule has 0 fully saturated rings. The maximum atomic E-state index is 12.8. The van der Waals surface area contributed by atoms with E-state index in [9.17, 15) is 13.6 Å². The molecule has 0 aliphatic heterocycles. The molecule has 3 rings (SSSR count). The molecule has 0 saturated carbocycles. The Morgan fingerprint density at radius 1 is 1.12 bits per heavy atom. The van der Waals surface area contributed by atoms with Crippen LogP contribution >= 0.6 is 11.6 Å². The van der Waals surface area contributed by atoms with Gasteiger partial charge in [0.1, 0.15) is 18.1 Å². The molecule has 0 bridgehead atoms. The molecule has 0 spiro atoms. The van der Waals surface area contributed by atoms with Gasteiger partial charge in [-0.05, 0) is 34.7 Å². The van der Waals surface area contributed by atoms with E-state index in [4.69, 9.17) is 16.3 Å². The summed E-state index contributed by atoms with van der Waals surface area (Å²) in [6, 6.07) is 11.1. The van der Waals surface area contributed by atoms with E-state index in [-0.39, 0.29) is 23.6 Å². The van der Waals surface area contributed by atoms with Gasteiger partial charge in [-0.2, -0.15) is 18.1 Å². The second kappa shape index (κ2) is 7.52. The SMILES string of the molecule is Cn1nnn(-c2cccc(OC(F)F)c2COc2ccccc2Cl)c1=O. The van der Waals surface area contributed by atoms with Gasteiger partial charge in [-0.15, -0.1) is 0 Å². The summed E-state index contributed by atoms with van der Waals surface area (Å²) in [6.45, 7) is -3.21. The number of halogens is 3.